The second kappa shape index (κ2) is 6.50. The molecule has 1 amide bonds. The van der Waals surface area contributed by atoms with Gasteiger partial charge in [-0.2, -0.15) is 0 Å². The number of amides is 1. The smallest absolute Gasteiger partial charge is 0.241 e. The van der Waals surface area contributed by atoms with Gasteiger partial charge in [0.1, 0.15) is 6.04 Å². The molecular formula is C13H25N3O2. The number of nitrogens with zero attached hydrogens (tertiary/aromatic N) is 2. The predicted octanol–water partition coefficient (Wildman–Crippen LogP) is 0.0469. The Hall–Kier alpha value is -0.650. The van der Waals surface area contributed by atoms with E-state index in [2.05, 4.69) is 4.90 Å². The zero-order valence-electron chi connectivity index (χ0n) is 11.3. The Kier molecular flexibility index (Phi) is 4.97. The summed E-state index contributed by atoms with van der Waals surface area (Å²) in [4.78, 5) is 16.6. The fourth-order valence-electron chi connectivity index (χ4n) is 3.05. The van der Waals surface area contributed by atoms with Gasteiger partial charge in [0.25, 0.3) is 0 Å². The first kappa shape index (κ1) is 13.8. The van der Waals surface area contributed by atoms with E-state index in [1.165, 1.54) is 32.4 Å². The number of carbonyl (C=O) groups is 1. The molecule has 2 rings (SSSR count). The number of methoxy groups -OCH3 is 1. The maximum Gasteiger partial charge on any atom is 0.241 e. The molecule has 5 heteroatoms. The van der Waals surface area contributed by atoms with Gasteiger partial charge in [-0.25, -0.2) is 0 Å². The molecule has 0 spiro atoms. The van der Waals surface area contributed by atoms with Crippen LogP contribution in [-0.2, 0) is 9.53 Å². The monoisotopic (exact) mass is 255 g/mol. The predicted molar refractivity (Wildman–Crippen MR) is 70.3 cm³/mol. The van der Waals surface area contributed by atoms with Crippen LogP contribution < -0.4 is 5.73 Å². The van der Waals surface area contributed by atoms with E-state index >= 15 is 0 Å². The fourth-order valence-corrected chi connectivity index (χ4v) is 3.05. The lowest BCUT2D eigenvalue weighted by atomic mass is 10.0. The van der Waals surface area contributed by atoms with Crippen molar-refractivity contribution in [2.24, 2.45) is 5.73 Å². The van der Waals surface area contributed by atoms with Crippen LogP contribution in [0.3, 0.4) is 0 Å². The molecule has 2 fully saturated rings. The number of carbonyl (C=O) groups excluding carboxylic acids is 1. The summed E-state index contributed by atoms with van der Waals surface area (Å²) >= 11 is 0. The van der Waals surface area contributed by atoms with Crippen LogP contribution in [0.15, 0.2) is 0 Å². The molecule has 2 saturated heterocycles. The molecule has 0 aromatic carbocycles. The normalized spacial score (nSPS) is 27.4. The topological polar surface area (TPSA) is 58.8 Å². The van der Waals surface area contributed by atoms with Gasteiger partial charge in [0.2, 0.25) is 5.91 Å². The molecular weight excluding hydrogens is 230 g/mol. The molecule has 2 N–H and O–H groups in total. The van der Waals surface area contributed by atoms with E-state index < -0.39 is 6.04 Å². The molecule has 0 aromatic heterocycles. The summed E-state index contributed by atoms with van der Waals surface area (Å²) in [7, 11) is 1.58. The van der Waals surface area contributed by atoms with Crippen molar-refractivity contribution in [3.63, 3.8) is 0 Å². The summed E-state index contributed by atoms with van der Waals surface area (Å²) < 4.78 is 4.96. The molecule has 2 heterocycles. The highest BCUT2D eigenvalue weighted by atomic mass is 16.5. The van der Waals surface area contributed by atoms with Gasteiger partial charge in [0, 0.05) is 26.2 Å². The van der Waals surface area contributed by atoms with E-state index in [-0.39, 0.29) is 5.91 Å². The van der Waals surface area contributed by atoms with Crippen molar-refractivity contribution < 1.29 is 9.53 Å². The van der Waals surface area contributed by atoms with E-state index in [4.69, 9.17) is 10.5 Å². The van der Waals surface area contributed by atoms with E-state index in [9.17, 15) is 4.79 Å². The Balaban J connectivity index is 1.87. The first-order valence-corrected chi connectivity index (χ1v) is 6.99. The first-order valence-electron chi connectivity index (χ1n) is 6.99. The number of hydrogen-bond acceptors (Lipinski definition) is 4. The Labute approximate surface area is 109 Å². The van der Waals surface area contributed by atoms with Crippen molar-refractivity contribution >= 4 is 5.91 Å². The molecule has 0 aromatic rings. The van der Waals surface area contributed by atoms with Crippen molar-refractivity contribution in [3.8, 4) is 0 Å². The van der Waals surface area contributed by atoms with Crippen LogP contribution in [0.5, 0.6) is 0 Å². The van der Waals surface area contributed by atoms with Gasteiger partial charge in [0.05, 0.1) is 6.61 Å². The van der Waals surface area contributed by atoms with E-state index in [1.54, 1.807) is 7.11 Å². The third-order valence-electron chi connectivity index (χ3n) is 4.03. The quantitative estimate of drug-likeness (QED) is 0.771. The summed E-state index contributed by atoms with van der Waals surface area (Å²) in [5.41, 5.74) is 5.83. The maximum atomic E-state index is 12.2. The first-order chi connectivity index (χ1) is 8.72. The van der Waals surface area contributed by atoms with Crippen LogP contribution in [0, 0.1) is 0 Å². The molecule has 0 bridgehead atoms. The molecule has 0 radical (unpaired) electrons. The molecule has 104 valence electrons. The van der Waals surface area contributed by atoms with Crippen LogP contribution in [-0.4, -0.2) is 67.7 Å². The van der Waals surface area contributed by atoms with Crippen LogP contribution in [0.25, 0.3) is 0 Å². The number of likely N-dealkylation sites (tertiary alicyclic amines) is 2. The molecule has 0 saturated carbocycles. The van der Waals surface area contributed by atoms with Gasteiger partial charge >= 0.3 is 0 Å². The SMILES string of the molecule is COCC(N)C(=O)N1CCCC(N2CCCC2)C1. The number of nitrogens with two attached hydrogens (primary N) is 1. The molecule has 5 nitrogen and oxygen atoms in total. The van der Waals surface area contributed by atoms with Gasteiger partial charge in [-0.3, -0.25) is 9.69 Å². The van der Waals surface area contributed by atoms with Gasteiger partial charge in [0.15, 0.2) is 0 Å². The van der Waals surface area contributed by atoms with Gasteiger partial charge in [-0.15, -0.1) is 0 Å². The van der Waals surface area contributed by atoms with E-state index in [1.807, 2.05) is 4.90 Å². The Morgan fingerprint density at radius 3 is 2.72 bits per heavy atom. The lowest BCUT2D eigenvalue weighted by Gasteiger charge is -2.38. The standard InChI is InChI=1S/C13H25N3O2/c1-18-10-12(14)13(17)16-8-4-5-11(9-16)15-6-2-3-7-15/h11-12H,2-10,14H2,1H3. The third-order valence-corrected chi connectivity index (χ3v) is 4.03. The van der Waals surface area contributed by atoms with Gasteiger partial charge in [-0.05, 0) is 38.8 Å². The minimum Gasteiger partial charge on any atom is -0.383 e. The van der Waals surface area contributed by atoms with Crippen LogP contribution >= 0.6 is 0 Å². The zero-order valence-corrected chi connectivity index (χ0v) is 11.3. The van der Waals surface area contributed by atoms with E-state index in [0.29, 0.717) is 12.6 Å². The van der Waals surface area contributed by atoms with Gasteiger partial charge < -0.3 is 15.4 Å². The molecule has 18 heavy (non-hydrogen) atoms. The average Bonchev–Trinajstić information content (AvgIpc) is 2.92. The minimum absolute atomic E-state index is 0.0424. The lowest BCUT2D eigenvalue weighted by Crippen LogP contribution is -2.54. The van der Waals surface area contributed by atoms with Crippen molar-refractivity contribution in [2.45, 2.75) is 37.8 Å². The molecule has 2 unspecified atom stereocenters. The van der Waals surface area contributed by atoms with Crippen LogP contribution in [0.2, 0.25) is 0 Å². The fraction of sp³-hybridized carbons (Fsp3) is 0.923. The highest BCUT2D eigenvalue weighted by Gasteiger charge is 2.30. The molecule has 2 aliphatic heterocycles. The summed E-state index contributed by atoms with van der Waals surface area (Å²) in [6, 6.07) is 0.0345. The number of piperidine rings is 1. The van der Waals surface area contributed by atoms with Crippen molar-refractivity contribution in [2.75, 3.05) is 39.9 Å². The minimum atomic E-state index is -0.507. The second-order valence-electron chi connectivity index (χ2n) is 5.39. The lowest BCUT2D eigenvalue weighted by molar-refractivity contribution is -0.135. The summed E-state index contributed by atoms with van der Waals surface area (Å²) in [5.74, 6) is 0.0424. The Morgan fingerprint density at radius 2 is 2.06 bits per heavy atom. The zero-order chi connectivity index (χ0) is 13.0. The largest absolute Gasteiger partial charge is 0.383 e. The van der Waals surface area contributed by atoms with Crippen molar-refractivity contribution in [1.82, 2.24) is 9.80 Å². The van der Waals surface area contributed by atoms with Crippen molar-refractivity contribution in [1.29, 1.82) is 0 Å². The molecule has 2 aliphatic rings. The molecule has 2 atom stereocenters. The van der Waals surface area contributed by atoms with E-state index in [0.717, 1.165) is 19.5 Å². The Morgan fingerprint density at radius 1 is 1.33 bits per heavy atom. The number of hydrogen-bond donors (Lipinski definition) is 1. The maximum absolute atomic E-state index is 12.2. The van der Waals surface area contributed by atoms with Crippen molar-refractivity contribution in [3.05, 3.63) is 0 Å². The summed E-state index contributed by atoms with van der Waals surface area (Å²) in [6.45, 7) is 4.38. The molecule has 0 aliphatic carbocycles. The Bertz CT molecular complexity index is 279. The highest BCUT2D eigenvalue weighted by Crippen LogP contribution is 2.20. The van der Waals surface area contributed by atoms with Crippen LogP contribution in [0.4, 0.5) is 0 Å². The summed E-state index contributed by atoms with van der Waals surface area (Å²) in [5, 5.41) is 0. The van der Waals surface area contributed by atoms with Crippen LogP contribution in [0.1, 0.15) is 25.7 Å². The second-order valence-corrected chi connectivity index (χ2v) is 5.39. The average molecular weight is 255 g/mol. The number of ether oxygens (including phenoxy) is 1. The summed E-state index contributed by atoms with van der Waals surface area (Å²) in [6.07, 6.45) is 4.90. The third kappa shape index (κ3) is 3.22. The highest BCUT2D eigenvalue weighted by molar-refractivity contribution is 5.81. The van der Waals surface area contributed by atoms with Gasteiger partial charge in [-0.1, -0.05) is 0 Å². The number of rotatable bonds is 4.